The largest absolute Gasteiger partial charge is 0.383 e. The van der Waals surface area contributed by atoms with Gasteiger partial charge in [0, 0.05) is 14.1 Å². The summed E-state index contributed by atoms with van der Waals surface area (Å²) in [5, 5.41) is 0. The van der Waals surface area contributed by atoms with Gasteiger partial charge in [0.1, 0.15) is 0 Å². The zero-order chi connectivity index (χ0) is 9.68. The SMILES string of the molecule is C=C(/C=C\N(C)C)c1ccccc1. The molecule has 1 heteroatoms. The smallest absolute Gasteiger partial charge is 0.00556 e. The van der Waals surface area contributed by atoms with Crippen LogP contribution >= 0.6 is 0 Å². The molecule has 0 radical (unpaired) electrons. The molecule has 0 saturated carbocycles. The minimum atomic E-state index is 1.04. The summed E-state index contributed by atoms with van der Waals surface area (Å²) in [5.41, 5.74) is 2.20. The average molecular weight is 173 g/mol. The van der Waals surface area contributed by atoms with Crippen molar-refractivity contribution >= 4 is 5.57 Å². The molecule has 0 aliphatic rings. The summed E-state index contributed by atoms with van der Waals surface area (Å²) in [4.78, 5) is 1.99. The summed E-state index contributed by atoms with van der Waals surface area (Å²) in [6.45, 7) is 3.98. The monoisotopic (exact) mass is 173 g/mol. The molecular formula is C12H15N. The lowest BCUT2D eigenvalue weighted by molar-refractivity contribution is 0.564. The Labute approximate surface area is 80.0 Å². The number of benzene rings is 1. The minimum Gasteiger partial charge on any atom is -0.383 e. The quantitative estimate of drug-likeness (QED) is 0.635. The highest BCUT2D eigenvalue weighted by Crippen LogP contribution is 2.12. The van der Waals surface area contributed by atoms with Gasteiger partial charge in [0.2, 0.25) is 0 Å². The third kappa shape index (κ3) is 3.16. The fraction of sp³-hybridized carbons (Fsp3) is 0.167. The summed E-state index contributed by atoms with van der Waals surface area (Å²) in [6.07, 6.45) is 4.00. The lowest BCUT2D eigenvalue weighted by Gasteiger charge is -2.04. The number of rotatable bonds is 3. The molecule has 0 heterocycles. The molecule has 0 aliphatic carbocycles. The molecule has 0 bridgehead atoms. The van der Waals surface area contributed by atoms with Gasteiger partial charge in [-0.05, 0) is 23.4 Å². The number of allylic oxidation sites excluding steroid dienone is 2. The van der Waals surface area contributed by atoms with E-state index in [-0.39, 0.29) is 0 Å². The Morgan fingerprint density at radius 1 is 1.23 bits per heavy atom. The van der Waals surface area contributed by atoms with Crippen molar-refractivity contribution in [3.63, 3.8) is 0 Å². The highest BCUT2D eigenvalue weighted by Gasteiger charge is 1.91. The standard InChI is InChI=1S/C12H15N/c1-11(9-10-13(2)3)12-7-5-4-6-8-12/h4-10H,1H2,2-3H3/b10-9-. The summed E-state index contributed by atoms with van der Waals surface area (Å²) in [7, 11) is 3.99. The second-order valence-corrected chi connectivity index (χ2v) is 3.17. The first-order valence-corrected chi connectivity index (χ1v) is 4.29. The number of hydrogen-bond acceptors (Lipinski definition) is 1. The van der Waals surface area contributed by atoms with Crippen LogP contribution in [-0.2, 0) is 0 Å². The lowest BCUT2D eigenvalue weighted by Crippen LogP contribution is -1.99. The average Bonchev–Trinajstić information content (AvgIpc) is 2.15. The van der Waals surface area contributed by atoms with Gasteiger partial charge in [-0.25, -0.2) is 0 Å². The van der Waals surface area contributed by atoms with Crippen LogP contribution in [0.2, 0.25) is 0 Å². The van der Waals surface area contributed by atoms with Crippen LogP contribution in [0.5, 0.6) is 0 Å². The van der Waals surface area contributed by atoms with Crippen molar-refractivity contribution in [3.05, 3.63) is 54.8 Å². The zero-order valence-corrected chi connectivity index (χ0v) is 8.20. The van der Waals surface area contributed by atoms with Crippen LogP contribution < -0.4 is 0 Å². The van der Waals surface area contributed by atoms with Crippen LogP contribution in [0.4, 0.5) is 0 Å². The van der Waals surface area contributed by atoms with Gasteiger partial charge in [0.25, 0.3) is 0 Å². The Morgan fingerprint density at radius 2 is 1.85 bits per heavy atom. The van der Waals surface area contributed by atoms with E-state index in [1.807, 2.05) is 49.5 Å². The molecule has 0 atom stereocenters. The van der Waals surface area contributed by atoms with E-state index in [1.54, 1.807) is 0 Å². The van der Waals surface area contributed by atoms with E-state index in [2.05, 4.69) is 18.7 Å². The van der Waals surface area contributed by atoms with Crippen LogP contribution in [-0.4, -0.2) is 19.0 Å². The van der Waals surface area contributed by atoms with Crippen LogP contribution in [0.15, 0.2) is 49.2 Å². The molecule has 0 aliphatic heterocycles. The van der Waals surface area contributed by atoms with Crippen molar-refractivity contribution in [2.75, 3.05) is 14.1 Å². The van der Waals surface area contributed by atoms with Crippen molar-refractivity contribution in [1.82, 2.24) is 4.90 Å². The van der Waals surface area contributed by atoms with Gasteiger partial charge in [-0.15, -0.1) is 0 Å². The molecule has 13 heavy (non-hydrogen) atoms. The molecule has 0 unspecified atom stereocenters. The molecule has 1 aromatic carbocycles. The van der Waals surface area contributed by atoms with Crippen LogP contribution in [0.1, 0.15) is 5.56 Å². The molecule has 1 nitrogen and oxygen atoms in total. The van der Waals surface area contributed by atoms with E-state index in [4.69, 9.17) is 0 Å². The minimum absolute atomic E-state index is 1.04. The second-order valence-electron chi connectivity index (χ2n) is 3.17. The van der Waals surface area contributed by atoms with Crippen molar-refractivity contribution in [2.45, 2.75) is 0 Å². The number of hydrogen-bond donors (Lipinski definition) is 0. The van der Waals surface area contributed by atoms with Gasteiger partial charge in [-0.1, -0.05) is 36.9 Å². The molecule has 0 fully saturated rings. The van der Waals surface area contributed by atoms with E-state index < -0.39 is 0 Å². The summed E-state index contributed by atoms with van der Waals surface area (Å²) in [5.74, 6) is 0. The predicted octanol–water partition coefficient (Wildman–Crippen LogP) is 2.78. The van der Waals surface area contributed by atoms with E-state index in [1.165, 1.54) is 5.56 Å². The Morgan fingerprint density at radius 3 is 2.38 bits per heavy atom. The molecule has 0 saturated heterocycles. The number of nitrogens with zero attached hydrogens (tertiary/aromatic N) is 1. The first-order chi connectivity index (χ1) is 6.20. The summed E-state index contributed by atoms with van der Waals surface area (Å²) >= 11 is 0. The van der Waals surface area contributed by atoms with Crippen LogP contribution in [0.25, 0.3) is 5.57 Å². The molecule has 0 aromatic heterocycles. The first kappa shape index (κ1) is 9.59. The third-order valence-corrected chi connectivity index (χ3v) is 1.72. The molecule has 1 aromatic rings. The fourth-order valence-electron chi connectivity index (χ4n) is 0.987. The molecule has 1 rings (SSSR count). The fourth-order valence-corrected chi connectivity index (χ4v) is 0.987. The highest BCUT2D eigenvalue weighted by molar-refractivity contribution is 5.71. The molecule has 68 valence electrons. The van der Waals surface area contributed by atoms with Crippen molar-refractivity contribution in [1.29, 1.82) is 0 Å². The third-order valence-electron chi connectivity index (χ3n) is 1.72. The Kier molecular flexibility index (Phi) is 3.32. The maximum atomic E-state index is 3.98. The van der Waals surface area contributed by atoms with E-state index >= 15 is 0 Å². The van der Waals surface area contributed by atoms with E-state index in [9.17, 15) is 0 Å². The lowest BCUT2D eigenvalue weighted by atomic mass is 10.1. The van der Waals surface area contributed by atoms with Crippen molar-refractivity contribution in [2.24, 2.45) is 0 Å². The maximum absolute atomic E-state index is 3.98. The Hall–Kier alpha value is -1.50. The van der Waals surface area contributed by atoms with Gasteiger partial charge >= 0.3 is 0 Å². The van der Waals surface area contributed by atoms with Gasteiger partial charge in [0.15, 0.2) is 0 Å². The Bertz CT molecular complexity index is 296. The van der Waals surface area contributed by atoms with Gasteiger partial charge in [0.05, 0.1) is 0 Å². The molecule has 0 N–H and O–H groups in total. The summed E-state index contributed by atoms with van der Waals surface area (Å²) in [6, 6.07) is 10.2. The Balaban J connectivity index is 2.70. The van der Waals surface area contributed by atoms with Crippen molar-refractivity contribution < 1.29 is 0 Å². The van der Waals surface area contributed by atoms with Crippen LogP contribution in [0.3, 0.4) is 0 Å². The molecule has 0 amide bonds. The van der Waals surface area contributed by atoms with E-state index in [0.717, 1.165) is 5.57 Å². The highest BCUT2D eigenvalue weighted by atomic mass is 15.0. The molecule has 0 spiro atoms. The first-order valence-electron chi connectivity index (χ1n) is 4.29. The summed E-state index contributed by atoms with van der Waals surface area (Å²) < 4.78 is 0. The predicted molar refractivity (Wildman–Crippen MR) is 58.3 cm³/mol. The zero-order valence-electron chi connectivity index (χ0n) is 8.20. The van der Waals surface area contributed by atoms with Crippen molar-refractivity contribution in [3.8, 4) is 0 Å². The van der Waals surface area contributed by atoms with E-state index in [0.29, 0.717) is 0 Å². The van der Waals surface area contributed by atoms with Crippen LogP contribution in [0, 0.1) is 0 Å². The topological polar surface area (TPSA) is 3.24 Å². The van der Waals surface area contributed by atoms with Gasteiger partial charge in [-0.2, -0.15) is 0 Å². The van der Waals surface area contributed by atoms with Gasteiger partial charge in [-0.3, -0.25) is 0 Å². The normalized spacial score (nSPS) is 10.3. The molecular weight excluding hydrogens is 158 g/mol. The van der Waals surface area contributed by atoms with Gasteiger partial charge < -0.3 is 4.90 Å². The maximum Gasteiger partial charge on any atom is 0.00556 e. The second kappa shape index (κ2) is 4.51.